The van der Waals surface area contributed by atoms with Crippen LogP contribution in [-0.2, 0) is 6.54 Å². The topological polar surface area (TPSA) is 35.5 Å². The van der Waals surface area contributed by atoms with Crippen molar-refractivity contribution in [3.63, 3.8) is 0 Å². The van der Waals surface area contributed by atoms with Crippen molar-refractivity contribution in [2.45, 2.75) is 32.2 Å². The lowest BCUT2D eigenvalue weighted by Crippen LogP contribution is -2.28. The van der Waals surface area contributed by atoms with Crippen molar-refractivity contribution in [1.82, 2.24) is 10.2 Å². The molecular formula is C15H24N2O. The van der Waals surface area contributed by atoms with Crippen LogP contribution in [0, 0.1) is 6.92 Å². The Morgan fingerprint density at radius 1 is 1.39 bits per heavy atom. The second-order valence-corrected chi connectivity index (χ2v) is 5.64. The van der Waals surface area contributed by atoms with Crippen molar-refractivity contribution in [3.8, 4) is 5.75 Å². The normalized spacial score (nSPS) is 20.3. The van der Waals surface area contributed by atoms with Crippen LogP contribution in [0.2, 0.25) is 0 Å². The van der Waals surface area contributed by atoms with Gasteiger partial charge in [-0.05, 0) is 46.0 Å². The number of benzene rings is 1. The summed E-state index contributed by atoms with van der Waals surface area (Å²) in [4.78, 5) is 2.09. The summed E-state index contributed by atoms with van der Waals surface area (Å²) in [6.45, 7) is 4.99. The van der Waals surface area contributed by atoms with E-state index >= 15 is 0 Å². The molecule has 2 rings (SSSR count). The molecule has 3 nitrogen and oxygen atoms in total. The van der Waals surface area contributed by atoms with Crippen LogP contribution in [-0.4, -0.2) is 37.2 Å². The largest absolute Gasteiger partial charge is 0.507 e. The maximum Gasteiger partial charge on any atom is 0.123 e. The number of aryl methyl sites for hydroxylation is 1. The van der Waals surface area contributed by atoms with E-state index in [1.165, 1.54) is 18.4 Å². The fourth-order valence-electron chi connectivity index (χ4n) is 2.77. The van der Waals surface area contributed by atoms with E-state index in [0.717, 1.165) is 30.8 Å². The van der Waals surface area contributed by atoms with Crippen LogP contribution >= 0.6 is 0 Å². The van der Waals surface area contributed by atoms with Crippen molar-refractivity contribution in [1.29, 1.82) is 0 Å². The minimum atomic E-state index is 0.458. The second kappa shape index (κ2) is 5.72. The van der Waals surface area contributed by atoms with E-state index in [4.69, 9.17) is 0 Å². The highest BCUT2D eigenvalue weighted by atomic mass is 16.3. The summed E-state index contributed by atoms with van der Waals surface area (Å²) in [6, 6.07) is 4.24. The molecule has 100 valence electrons. The Labute approximate surface area is 110 Å². The first-order valence-electron chi connectivity index (χ1n) is 6.75. The maximum absolute atomic E-state index is 10.5. The van der Waals surface area contributed by atoms with Crippen LogP contribution in [0.4, 0.5) is 0 Å². The van der Waals surface area contributed by atoms with Crippen LogP contribution in [0.1, 0.15) is 35.4 Å². The first kappa shape index (κ1) is 13.4. The Morgan fingerprint density at radius 2 is 2.17 bits per heavy atom. The van der Waals surface area contributed by atoms with Crippen LogP contribution in [0.25, 0.3) is 0 Å². The molecule has 0 aromatic heterocycles. The zero-order chi connectivity index (χ0) is 13.1. The third kappa shape index (κ3) is 3.03. The molecule has 1 aromatic rings. The molecule has 0 saturated carbocycles. The minimum absolute atomic E-state index is 0.458. The molecule has 2 N–H and O–H groups in total. The Hall–Kier alpha value is -1.06. The SMILES string of the molecule is Cc1cc(CN(C)C)c(O)c(C2CCCNC2)c1. The van der Waals surface area contributed by atoms with E-state index in [-0.39, 0.29) is 0 Å². The van der Waals surface area contributed by atoms with Crippen LogP contribution in [0.5, 0.6) is 5.75 Å². The van der Waals surface area contributed by atoms with Crippen molar-refractivity contribution in [2.24, 2.45) is 0 Å². The van der Waals surface area contributed by atoms with Crippen molar-refractivity contribution >= 4 is 0 Å². The Balaban J connectivity index is 2.31. The number of piperidine rings is 1. The smallest absolute Gasteiger partial charge is 0.123 e. The molecule has 1 aliphatic rings. The predicted molar refractivity (Wildman–Crippen MR) is 75.1 cm³/mol. The third-order valence-corrected chi connectivity index (χ3v) is 3.59. The number of hydrogen-bond donors (Lipinski definition) is 2. The Kier molecular flexibility index (Phi) is 4.25. The molecule has 0 radical (unpaired) electrons. The molecule has 1 unspecified atom stereocenters. The molecule has 0 spiro atoms. The van der Waals surface area contributed by atoms with E-state index < -0.39 is 0 Å². The van der Waals surface area contributed by atoms with E-state index in [1.54, 1.807) is 0 Å². The molecule has 1 saturated heterocycles. The van der Waals surface area contributed by atoms with Crippen LogP contribution in [0.3, 0.4) is 0 Å². The van der Waals surface area contributed by atoms with Gasteiger partial charge in [0.05, 0.1) is 0 Å². The molecule has 3 heteroatoms. The van der Waals surface area contributed by atoms with E-state index in [1.807, 2.05) is 14.1 Å². The highest BCUT2D eigenvalue weighted by Crippen LogP contribution is 2.34. The standard InChI is InChI=1S/C15H24N2O/c1-11-7-13(10-17(2)3)15(18)14(8-11)12-5-4-6-16-9-12/h7-8,12,16,18H,4-6,9-10H2,1-3H3. The minimum Gasteiger partial charge on any atom is -0.507 e. The number of rotatable bonds is 3. The van der Waals surface area contributed by atoms with Gasteiger partial charge in [0.25, 0.3) is 0 Å². The number of phenolic OH excluding ortho intramolecular Hbond substituents is 1. The van der Waals surface area contributed by atoms with E-state index in [9.17, 15) is 5.11 Å². The first-order chi connectivity index (χ1) is 8.58. The van der Waals surface area contributed by atoms with Crippen LogP contribution in [0.15, 0.2) is 12.1 Å². The lowest BCUT2D eigenvalue weighted by atomic mass is 9.88. The van der Waals surface area contributed by atoms with Crippen molar-refractivity contribution < 1.29 is 5.11 Å². The number of nitrogens with one attached hydrogen (secondary N) is 1. The van der Waals surface area contributed by atoms with Gasteiger partial charge in [-0.3, -0.25) is 0 Å². The van der Waals surface area contributed by atoms with Crippen molar-refractivity contribution in [3.05, 3.63) is 28.8 Å². The van der Waals surface area contributed by atoms with Gasteiger partial charge in [-0.1, -0.05) is 17.7 Å². The highest BCUT2D eigenvalue weighted by molar-refractivity contribution is 5.45. The Morgan fingerprint density at radius 3 is 2.78 bits per heavy atom. The molecule has 1 fully saturated rings. The zero-order valence-corrected chi connectivity index (χ0v) is 11.7. The van der Waals surface area contributed by atoms with Gasteiger partial charge < -0.3 is 15.3 Å². The van der Waals surface area contributed by atoms with Gasteiger partial charge in [0.15, 0.2) is 0 Å². The number of nitrogens with zero attached hydrogens (tertiary/aromatic N) is 1. The molecule has 1 heterocycles. The van der Waals surface area contributed by atoms with Gasteiger partial charge >= 0.3 is 0 Å². The summed E-state index contributed by atoms with van der Waals surface area (Å²) >= 11 is 0. The second-order valence-electron chi connectivity index (χ2n) is 5.64. The first-order valence-corrected chi connectivity index (χ1v) is 6.75. The molecule has 1 atom stereocenters. The summed E-state index contributed by atoms with van der Waals surface area (Å²) in [5, 5.41) is 13.9. The summed E-state index contributed by atoms with van der Waals surface area (Å²) in [5.41, 5.74) is 3.41. The molecule has 0 bridgehead atoms. The summed E-state index contributed by atoms with van der Waals surface area (Å²) in [5.74, 6) is 0.961. The fourth-order valence-corrected chi connectivity index (χ4v) is 2.77. The third-order valence-electron chi connectivity index (χ3n) is 3.59. The molecular weight excluding hydrogens is 224 g/mol. The summed E-state index contributed by atoms with van der Waals surface area (Å²) < 4.78 is 0. The Bertz CT molecular complexity index is 409. The van der Waals surface area contributed by atoms with Gasteiger partial charge in [-0.15, -0.1) is 0 Å². The highest BCUT2D eigenvalue weighted by Gasteiger charge is 2.20. The van der Waals surface area contributed by atoms with Gasteiger partial charge in [-0.25, -0.2) is 0 Å². The van der Waals surface area contributed by atoms with Gasteiger partial charge in [0, 0.05) is 24.6 Å². The quantitative estimate of drug-likeness (QED) is 0.861. The number of phenols is 1. The van der Waals surface area contributed by atoms with E-state index in [0.29, 0.717) is 11.7 Å². The summed E-state index contributed by atoms with van der Waals surface area (Å²) in [7, 11) is 4.06. The predicted octanol–water partition coefficient (Wildman–Crippen LogP) is 2.23. The summed E-state index contributed by atoms with van der Waals surface area (Å²) in [6.07, 6.45) is 2.37. The number of aromatic hydroxyl groups is 1. The molecule has 0 amide bonds. The lowest BCUT2D eigenvalue weighted by Gasteiger charge is -2.25. The molecule has 18 heavy (non-hydrogen) atoms. The zero-order valence-electron chi connectivity index (χ0n) is 11.7. The van der Waals surface area contributed by atoms with Crippen LogP contribution < -0.4 is 5.32 Å². The average Bonchev–Trinajstić information content (AvgIpc) is 2.34. The van der Waals surface area contributed by atoms with Gasteiger partial charge in [-0.2, -0.15) is 0 Å². The molecule has 1 aliphatic heterocycles. The van der Waals surface area contributed by atoms with Gasteiger partial charge in [0.1, 0.15) is 5.75 Å². The van der Waals surface area contributed by atoms with Gasteiger partial charge in [0.2, 0.25) is 0 Å². The molecule has 0 aliphatic carbocycles. The van der Waals surface area contributed by atoms with E-state index in [2.05, 4.69) is 29.3 Å². The lowest BCUT2D eigenvalue weighted by molar-refractivity contribution is 0.378. The maximum atomic E-state index is 10.5. The number of hydrogen-bond acceptors (Lipinski definition) is 3. The average molecular weight is 248 g/mol. The monoisotopic (exact) mass is 248 g/mol. The molecule has 1 aromatic carbocycles. The van der Waals surface area contributed by atoms with Crippen molar-refractivity contribution in [2.75, 3.05) is 27.2 Å². The fraction of sp³-hybridized carbons (Fsp3) is 0.600.